The summed E-state index contributed by atoms with van der Waals surface area (Å²) < 4.78 is 0. The largest absolute Gasteiger partial charge is 0.330 e. The highest BCUT2D eigenvalue weighted by Gasteiger charge is 2.27. The SMILES string of the molecule is CC(NC1CCCC1CN)c1ccc(Cl)c(Cl)c1. The minimum atomic E-state index is 0.275. The Balaban J connectivity index is 2.02. The molecule has 0 aliphatic heterocycles. The van der Waals surface area contributed by atoms with E-state index >= 15 is 0 Å². The molecule has 1 aliphatic carbocycles. The number of hydrogen-bond donors (Lipinski definition) is 2. The summed E-state index contributed by atoms with van der Waals surface area (Å²) in [5, 5.41) is 4.88. The lowest BCUT2D eigenvalue weighted by molar-refractivity contribution is 0.374. The van der Waals surface area contributed by atoms with Crippen LogP contribution in [0.2, 0.25) is 10.0 Å². The standard InChI is InChI=1S/C14H20Cl2N2/c1-9(10-5-6-12(15)13(16)7-10)18-14-4-2-3-11(14)8-17/h5-7,9,11,14,18H,2-4,8,17H2,1H3. The molecule has 0 spiro atoms. The third-order valence-electron chi connectivity index (χ3n) is 3.87. The van der Waals surface area contributed by atoms with Crippen LogP contribution in [0.25, 0.3) is 0 Å². The van der Waals surface area contributed by atoms with Crippen molar-refractivity contribution in [2.45, 2.75) is 38.3 Å². The number of hydrogen-bond acceptors (Lipinski definition) is 2. The maximum Gasteiger partial charge on any atom is 0.0595 e. The Morgan fingerprint density at radius 1 is 1.33 bits per heavy atom. The van der Waals surface area contributed by atoms with E-state index in [4.69, 9.17) is 28.9 Å². The highest BCUT2D eigenvalue weighted by Crippen LogP contribution is 2.29. The van der Waals surface area contributed by atoms with Crippen molar-refractivity contribution < 1.29 is 0 Å². The average molecular weight is 287 g/mol. The Kier molecular flexibility index (Phi) is 4.91. The van der Waals surface area contributed by atoms with Gasteiger partial charge in [0.15, 0.2) is 0 Å². The molecule has 4 heteroatoms. The van der Waals surface area contributed by atoms with Gasteiger partial charge in [-0.3, -0.25) is 0 Å². The van der Waals surface area contributed by atoms with Crippen molar-refractivity contribution in [2.24, 2.45) is 11.7 Å². The average Bonchev–Trinajstić information content (AvgIpc) is 2.79. The second-order valence-electron chi connectivity index (χ2n) is 5.10. The Morgan fingerprint density at radius 3 is 2.78 bits per heavy atom. The summed E-state index contributed by atoms with van der Waals surface area (Å²) in [6.45, 7) is 2.93. The summed E-state index contributed by atoms with van der Waals surface area (Å²) in [4.78, 5) is 0. The van der Waals surface area contributed by atoms with Crippen molar-refractivity contribution in [1.29, 1.82) is 0 Å². The number of nitrogens with one attached hydrogen (secondary N) is 1. The number of rotatable bonds is 4. The van der Waals surface area contributed by atoms with Gasteiger partial charge in [-0.25, -0.2) is 0 Å². The van der Waals surface area contributed by atoms with E-state index < -0.39 is 0 Å². The Bertz CT molecular complexity index is 409. The summed E-state index contributed by atoms with van der Waals surface area (Å²) in [5.41, 5.74) is 6.98. The summed E-state index contributed by atoms with van der Waals surface area (Å²) >= 11 is 12.0. The minimum absolute atomic E-state index is 0.275. The van der Waals surface area contributed by atoms with E-state index in [1.54, 1.807) is 0 Å². The Hall–Kier alpha value is -0.280. The van der Waals surface area contributed by atoms with Crippen molar-refractivity contribution in [3.8, 4) is 0 Å². The van der Waals surface area contributed by atoms with Crippen molar-refractivity contribution in [3.63, 3.8) is 0 Å². The van der Waals surface area contributed by atoms with Crippen LogP contribution in [-0.4, -0.2) is 12.6 Å². The summed E-state index contributed by atoms with van der Waals surface area (Å²) in [7, 11) is 0. The molecule has 0 saturated heterocycles. The first-order valence-electron chi connectivity index (χ1n) is 6.53. The monoisotopic (exact) mass is 286 g/mol. The molecule has 0 amide bonds. The van der Waals surface area contributed by atoms with Gasteiger partial charge in [0.1, 0.15) is 0 Å². The van der Waals surface area contributed by atoms with Gasteiger partial charge in [-0.05, 0) is 49.9 Å². The zero-order valence-corrected chi connectivity index (χ0v) is 12.1. The van der Waals surface area contributed by atoms with Crippen LogP contribution in [0.1, 0.15) is 37.8 Å². The normalized spacial score (nSPS) is 25.3. The molecule has 0 heterocycles. The lowest BCUT2D eigenvalue weighted by Gasteiger charge is -2.24. The van der Waals surface area contributed by atoms with Gasteiger partial charge in [0, 0.05) is 12.1 Å². The molecule has 3 N–H and O–H groups in total. The third kappa shape index (κ3) is 3.18. The zero-order chi connectivity index (χ0) is 13.1. The predicted octanol–water partition coefficient (Wildman–Crippen LogP) is 3.77. The Morgan fingerprint density at radius 2 is 2.11 bits per heavy atom. The molecule has 1 aromatic rings. The first-order chi connectivity index (χ1) is 8.61. The van der Waals surface area contributed by atoms with Crippen molar-refractivity contribution >= 4 is 23.2 Å². The van der Waals surface area contributed by atoms with Gasteiger partial charge >= 0.3 is 0 Å². The quantitative estimate of drug-likeness (QED) is 0.884. The van der Waals surface area contributed by atoms with Gasteiger partial charge in [0.05, 0.1) is 10.0 Å². The van der Waals surface area contributed by atoms with Gasteiger partial charge in [0.25, 0.3) is 0 Å². The molecule has 1 saturated carbocycles. The highest BCUT2D eigenvalue weighted by molar-refractivity contribution is 6.42. The zero-order valence-electron chi connectivity index (χ0n) is 10.6. The van der Waals surface area contributed by atoms with Crippen LogP contribution >= 0.6 is 23.2 Å². The third-order valence-corrected chi connectivity index (χ3v) is 4.61. The predicted molar refractivity (Wildman–Crippen MR) is 78.2 cm³/mol. The molecule has 100 valence electrons. The fraction of sp³-hybridized carbons (Fsp3) is 0.571. The van der Waals surface area contributed by atoms with Crippen molar-refractivity contribution in [3.05, 3.63) is 33.8 Å². The van der Waals surface area contributed by atoms with Crippen molar-refractivity contribution in [1.82, 2.24) is 5.32 Å². The van der Waals surface area contributed by atoms with Gasteiger partial charge in [-0.1, -0.05) is 35.7 Å². The molecule has 0 aromatic heterocycles. The topological polar surface area (TPSA) is 38.0 Å². The van der Waals surface area contributed by atoms with Crippen LogP contribution in [0.5, 0.6) is 0 Å². The minimum Gasteiger partial charge on any atom is -0.330 e. The van der Waals surface area contributed by atoms with Crippen LogP contribution in [0.15, 0.2) is 18.2 Å². The molecule has 2 nitrogen and oxygen atoms in total. The Labute approximate surface area is 119 Å². The number of nitrogens with two attached hydrogens (primary N) is 1. The molecule has 3 atom stereocenters. The maximum atomic E-state index is 6.05. The highest BCUT2D eigenvalue weighted by atomic mass is 35.5. The molecule has 3 unspecified atom stereocenters. The fourth-order valence-electron chi connectivity index (χ4n) is 2.74. The molecular weight excluding hydrogens is 267 g/mol. The summed E-state index contributed by atoms with van der Waals surface area (Å²) in [6, 6.07) is 6.62. The van der Waals surface area contributed by atoms with Gasteiger partial charge in [-0.2, -0.15) is 0 Å². The van der Waals surface area contributed by atoms with Crippen LogP contribution in [0, 0.1) is 5.92 Å². The molecule has 0 radical (unpaired) electrons. The van der Waals surface area contributed by atoms with E-state index in [0.717, 1.165) is 6.54 Å². The summed E-state index contributed by atoms with van der Waals surface area (Å²) in [6.07, 6.45) is 3.73. The maximum absolute atomic E-state index is 6.05. The fourth-order valence-corrected chi connectivity index (χ4v) is 3.04. The van der Waals surface area contributed by atoms with E-state index in [-0.39, 0.29) is 6.04 Å². The first-order valence-corrected chi connectivity index (χ1v) is 7.28. The van der Waals surface area contributed by atoms with Crippen molar-refractivity contribution in [2.75, 3.05) is 6.54 Å². The molecule has 2 rings (SSSR count). The molecule has 1 fully saturated rings. The van der Waals surface area contributed by atoms with E-state index in [9.17, 15) is 0 Å². The molecule has 0 bridgehead atoms. The van der Waals surface area contributed by atoms with Gasteiger partial charge < -0.3 is 11.1 Å². The second kappa shape index (κ2) is 6.25. The van der Waals surface area contributed by atoms with Gasteiger partial charge in [-0.15, -0.1) is 0 Å². The van der Waals surface area contributed by atoms with Crippen LogP contribution in [-0.2, 0) is 0 Å². The lowest BCUT2D eigenvalue weighted by atomic mass is 10.0. The molecule has 18 heavy (non-hydrogen) atoms. The molecule has 1 aromatic carbocycles. The van der Waals surface area contributed by atoms with E-state index in [1.165, 1.54) is 24.8 Å². The second-order valence-corrected chi connectivity index (χ2v) is 5.91. The van der Waals surface area contributed by atoms with Crippen LogP contribution in [0.4, 0.5) is 0 Å². The van der Waals surface area contributed by atoms with Crippen LogP contribution in [0.3, 0.4) is 0 Å². The molecular formula is C14H20Cl2N2. The van der Waals surface area contributed by atoms with Gasteiger partial charge in [0.2, 0.25) is 0 Å². The summed E-state index contributed by atoms with van der Waals surface area (Å²) in [5.74, 6) is 0.607. The smallest absolute Gasteiger partial charge is 0.0595 e. The van der Waals surface area contributed by atoms with E-state index in [0.29, 0.717) is 22.0 Å². The first kappa shape index (κ1) is 14.1. The number of halogens is 2. The van der Waals surface area contributed by atoms with E-state index in [2.05, 4.69) is 12.2 Å². The lowest BCUT2D eigenvalue weighted by Crippen LogP contribution is -2.37. The van der Waals surface area contributed by atoms with Crippen LogP contribution < -0.4 is 11.1 Å². The van der Waals surface area contributed by atoms with E-state index in [1.807, 2.05) is 18.2 Å². The molecule has 1 aliphatic rings. The number of benzene rings is 1.